The Hall–Kier alpha value is -2.36. The third-order valence-electron chi connectivity index (χ3n) is 4.87. The van der Waals surface area contributed by atoms with E-state index in [1.54, 1.807) is 13.8 Å². The van der Waals surface area contributed by atoms with Crippen LogP contribution in [0.2, 0.25) is 0 Å². The summed E-state index contributed by atoms with van der Waals surface area (Å²) in [7, 11) is -4.13. The zero-order valence-electron chi connectivity index (χ0n) is 20.7. The monoisotopic (exact) mass is 586 g/mol. The number of carbonyl (C=O) groups excluding carboxylic acids is 4. The van der Waals surface area contributed by atoms with Gasteiger partial charge in [-0.25, -0.2) is 9.78 Å². The highest BCUT2D eigenvalue weighted by atomic mass is 32.2. The molecule has 2 atom stereocenters. The van der Waals surface area contributed by atoms with E-state index in [1.807, 2.05) is 0 Å². The number of ether oxygens (including phenoxy) is 1. The van der Waals surface area contributed by atoms with Gasteiger partial charge in [0.05, 0.1) is 5.56 Å². The van der Waals surface area contributed by atoms with Crippen LogP contribution < -0.4 is 10.6 Å². The van der Waals surface area contributed by atoms with Crippen LogP contribution in [0.15, 0.2) is 18.3 Å². The summed E-state index contributed by atoms with van der Waals surface area (Å²) in [5.41, 5.74) is -2.39. The Morgan fingerprint density at radius 1 is 1.24 bits per heavy atom. The van der Waals surface area contributed by atoms with Crippen molar-refractivity contribution in [3.05, 3.63) is 29.6 Å². The van der Waals surface area contributed by atoms with Gasteiger partial charge < -0.3 is 15.4 Å². The molecule has 1 unspecified atom stereocenters. The van der Waals surface area contributed by atoms with E-state index in [4.69, 9.17) is 18.3 Å². The van der Waals surface area contributed by atoms with Gasteiger partial charge in [-0.3, -0.25) is 14.4 Å². The molecule has 3 N–H and O–H groups in total. The van der Waals surface area contributed by atoms with Crippen molar-refractivity contribution < 1.29 is 55.6 Å². The molecular formula is C21H28F3N3O9PS+. The fourth-order valence-electron chi connectivity index (χ4n) is 2.87. The van der Waals surface area contributed by atoms with Crippen molar-refractivity contribution in [2.75, 3.05) is 32.2 Å². The first kappa shape index (κ1) is 31.9. The molecule has 2 amide bonds. The van der Waals surface area contributed by atoms with Crippen molar-refractivity contribution in [2.24, 2.45) is 5.41 Å². The molecule has 2 heterocycles. The van der Waals surface area contributed by atoms with Crippen LogP contribution in [0.5, 0.6) is 0 Å². The summed E-state index contributed by atoms with van der Waals surface area (Å²) in [6.45, 7) is 3.88. The van der Waals surface area contributed by atoms with E-state index < -0.39 is 55.8 Å². The van der Waals surface area contributed by atoms with Gasteiger partial charge in [-0.2, -0.15) is 22.6 Å². The van der Waals surface area contributed by atoms with Crippen LogP contribution in [-0.2, 0) is 38.9 Å². The zero-order valence-corrected chi connectivity index (χ0v) is 22.4. The van der Waals surface area contributed by atoms with E-state index >= 15 is 0 Å². The van der Waals surface area contributed by atoms with E-state index in [0.29, 0.717) is 24.6 Å². The minimum absolute atomic E-state index is 0.0310. The number of esters is 1. The number of nitrogens with zero attached hydrogens (tertiary/aromatic N) is 1. The van der Waals surface area contributed by atoms with E-state index in [2.05, 4.69) is 15.6 Å². The number of nitrogens with one attached hydrogen (secondary N) is 2. The Kier molecular flexibility index (Phi) is 11.4. The Morgan fingerprint density at radius 3 is 2.55 bits per heavy atom. The van der Waals surface area contributed by atoms with Gasteiger partial charge in [0.2, 0.25) is 12.7 Å². The van der Waals surface area contributed by atoms with Gasteiger partial charge in [-0.15, -0.1) is 9.05 Å². The smallest absolute Gasteiger partial charge is 0.429 e. The Labute approximate surface area is 221 Å². The van der Waals surface area contributed by atoms with Gasteiger partial charge in [0.25, 0.3) is 5.91 Å². The van der Waals surface area contributed by atoms with Gasteiger partial charge in [-0.05, 0) is 12.1 Å². The molecule has 0 bridgehead atoms. The lowest BCUT2D eigenvalue weighted by Gasteiger charge is -2.36. The fraction of sp³-hybridized carbons (Fsp3) is 0.571. The molecule has 0 spiro atoms. The van der Waals surface area contributed by atoms with Crippen molar-refractivity contribution in [3.63, 3.8) is 0 Å². The molecule has 0 aliphatic carbocycles. The first-order chi connectivity index (χ1) is 17.6. The summed E-state index contributed by atoms with van der Waals surface area (Å²) in [6.07, 6.45) is -5.45. The predicted octanol–water partition coefficient (Wildman–Crippen LogP) is 2.24. The summed E-state index contributed by atoms with van der Waals surface area (Å²) >= 11 is 1.08. The Bertz CT molecular complexity index is 1010. The molecule has 1 saturated heterocycles. The molecule has 0 saturated carbocycles. The zero-order chi connectivity index (χ0) is 28.6. The molecule has 212 valence electrons. The normalized spacial score (nSPS) is 20.9. The molecule has 1 aromatic rings. The molecular weight excluding hydrogens is 558 g/mol. The quantitative estimate of drug-likeness (QED) is 0.151. The molecule has 0 aromatic carbocycles. The molecule has 1 aliphatic heterocycles. The highest BCUT2D eigenvalue weighted by Crippen LogP contribution is 2.63. The van der Waals surface area contributed by atoms with Crippen molar-refractivity contribution in [1.29, 1.82) is 0 Å². The largest absolute Gasteiger partial charge is 0.576 e. The maximum absolute atomic E-state index is 12.7. The Morgan fingerprint density at radius 2 is 1.95 bits per heavy atom. The van der Waals surface area contributed by atoms with Gasteiger partial charge in [0.1, 0.15) is 12.3 Å². The number of halogens is 3. The van der Waals surface area contributed by atoms with E-state index in [9.17, 15) is 37.2 Å². The van der Waals surface area contributed by atoms with Gasteiger partial charge >= 0.3 is 20.3 Å². The average molecular weight is 587 g/mol. The summed E-state index contributed by atoms with van der Waals surface area (Å²) in [5.74, 6) is -1.68. The van der Waals surface area contributed by atoms with Crippen LogP contribution in [-0.4, -0.2) is 71.1 Å². The number of aromatic nitrogens is 1. The molecule has 0 radical (unpaired) electrons. The third kappa shape index (κ3) is 10.1. The number of carbonyl (C=O) groups is 4. The third-order valence-corrected chi connectivity index (χ3v) is 7.05. The lowest BCUT2D eigenvalue weighted by molar-refractivity contribution is -0.146. The first-order valence-corrected chi connectivity index (χ1v) is 13.6. The molecule has 12 nitrogen and oxygen atoms in total. The number of rotatable bonds is 11. The topological polar surface area (TPSA) is 162 Å². The van der Waals surface area contributed by atoms with Gasteiger partial charge in [-0.1, -0.05) is 25.6 Å². The lowest BCUT2D eigenvalue weighted by atomic mass is 9.87. The van der Waals surface area contributed by atoms with Crippen LogP contribution in [0.1, 0.15) is 43.2 Å². The van der Waals surface area contributed by atoms with Gasteiger partial charge in [0.15, 0.2) is 11.2 Å². The number of hydrogen-bond acceptors (Lipinski definition) is 11. The van der Waals surface area contributed by atoms with Crippen molar-refractivity contribution in [1.82, 2.24) is 15.6 Å². The molecule has 1 aliphatic rings. The van der Waals surface area contributed by atoms with Crippen LogP contribution in [0.3, 0.4) is 0 Å². The second kappa shape index (κ2) is 13.6. The highest BCUT2D eigenvalue weighted by Gasteiger charge is 2.59. The lowest BCUT2D eigenvalue weighted by Crippen LogP contribution is -2.51. The number of hydrogen-bond donors (Lipinski definition) is 3. The predicted molar refractivity (Wildman–Crippen MR) is 128 cm³/mol. The second-order valence-corrected chi connectivity index (χ2v) is 11.5. The van der Waals surface area contributed by atoms with Crippen molar-refractivity contribution in [3.8, 4) is 0 Å². The average Bonchev–Trinajstić information content (AvgIpc) is 2.83. The maximum atomic E-state index is 12.7. The minimum Gasteiger partial charge on any atom is -0.429 e. The van der Waals surface area contributed by atoms with Crippen LogP contribution in [0.4, 0.5) is 13.2 Å². The van der Waals surface area contributed by atoms with Crippen molar-refractivity contribution in [2.45, 2.75) is 39.5 Å². The molecule has 38 heavy (non-hydrogen) atoms. The van der Waals surface area contributed by atoms with Crippen LogP contribution in [0.25, 0.3) is 0 Å². The van der Waals surface area contributed by atoms with Crippen LogP contribution >= 0.6 is 19.9 Å². The number of pyridine rings is 1. The molecule has 1 fully saturated rings. The van der Waals surface area contributed by atoms with Crippen LogP contribution in [0, 0.1) is 5.41 Å². The van der Waals surface area contributed by atoms with E-state index in [1.165, 1.54) is 6.92 Å². The second-order valence-electron chi connectivity index (χ2n) is 8.56. The molecule has 17 heteroatoms. The number of alkyl halides is 3. The summed E-state index contributed by atoms with van der Waals surface area (Å²) in [4.78, 5) is 61.4. The van der Waals surface area contributed by atoms with E-state index in [0.717, 1.165) is 17.8 Å². The first-order valence-electron chi connectivity index (χ1n) is 11.1. The fourth-order valence-corrected chi connectivity index (χ4v) is 4.89. The Balaban J connectivity index is 1.82. The molecule has 1 aromatic heterocycles. The van der Waals surface area contributed by atoms with Gasteiger partial charge in [0, 0.05) is 43.8 Å². The SMILES string of the molecule is CC(=O)SCCNC(=O)CCNC(=O)[C@@H]1O[P+](O)(OCOC(=O)c2ccc(C(F)(F)F)cn2)OCC1(C)C. The van der Waals surface area contributed by atoms with E-state index in [-0.39, 0.29) is 30.6 Å². The summed E-state index contributed by atoms with van der Waals surface area (Å²) in [5, 5.41) is 5.08. The number of amides is 2. The maximum Gasteiger partial charge on any atom is 0.576 e. The molecule has 2 rings (SSSR count). The number of thioether (sulfide) groups is 1. The minimum atomic E-state index is -4.62. The standard InChI is InChI=1S/C21H27F3N3O9PS/c1-13(28)38-9-8-25-16(29)6-7-26-18(30)17-20(2,3)11-34-37(32,36-17)35-12-33-19(31)15-5-4-14(10-27-15)21(22,23)24/h4-5,10,17,32H,6-9,11-12H2,1-3H3,(H-,25,26,29,30)/p+1/t17-,37?/m0/s1. The summed E-state index contributed by atoms with van der Waals surface area (Å²) in [6, 6.07) is 1.47. The summed E-state index contributed by atoms with van der Waals surface area (Å²) < 4.78 is 58.3. The van der Waals surface area contributed by atoms with Crippen molar-refractivity contribution >= 4 is 42.8 Å². The highest BCUT2D eigenvalue weighted by molar-refractivity contribution is 8.13.